The monoisotopic (exact) mass is 500 g/mol. The van der Waals surface area contributed by atoms with Gasteiger partial charge in [-0.05, 0) is 116 Å². The molecule has 0 heterocycles. The van der Waals surface area contributed by atoms with E-state index in [4.69, 9.17) is 0 Å². The smallest absolute Gasteiger partial charge is 0.00231 e. The second-order valence-corrected chi connectivity index (χ2v) is 13.1. The van der Waals surface area contributed by atoms with Gasteiger partial charge in [0.2, 0.25) is 0 Å². The van der Waals surface area contributed by atoms with Gasteiger partial charge in [-0.15, -0.1) is 0 Å². The average Bonchev–Trinajstić information content (AvgIpc) is 3.16. The Hall–Kier alpha value is -3.38. The van der Waals surface area contributed by atoms with Crippen LogP contribution in [0.1, 0.15) is 90.5 Å². The number of fused-ring (bicyclic) bond motifs is 2. The van der Waals surface area contributed by atoms with E-state index < -0.39 is 0 Å². The maximum Gasteiger partial charge on any atom is -0.00231 e. The van der Waals surface area contributed by atoms with Crippen LogP contribution in [0.25, 0.3) is 33.1 Å². The molecule has 0 amide bonds. The summed E-state index contributed by atoms with van der Waals surface area (Å²) in [5.74, 6) is 0. The second-order valence-electron chi connectivity index (χ2n) is 13.1. The highest BCUT2D eigenvalue weighted by Crippen LogP contribution is 2.50. The molecule has 0 heteroatoms. The molecule has 196 valence electrons. The Bertz CT molecular complexity index is 1520. The number of rotatable bonds is 6. The van der Waals surface area contributed by atoms with Crippen molar-refractivity contribution in [2.75, 3.05) is 0 Å². The molecule has 0 fully saturated rings. The Kier molecular flexibility index (Phi) is 7.08. The van der Waals surface area contributed by atoms with Crippen molar-refractivity contribution in [3.8, 4) is 0 Å². The van der Waals surface area contributed by atoms with Crippen molar-refractivity contribution in [2.45, 2.75) is 68.2 Å². The molecule has 2 aromatic rings. The minimum Gasteiger partial charge on any atom is -0.0953 e. The summed E-state index contributed by atoms with van der Waals surface area (Å²) < 4.78 is 0. The first-order valence-electron chi connectivity index (χ1n) is 13.8. The van der Waals surface area contributed by atoms with Crippen molar-refractivity contribution in [3.05, 3.63) is 119 Å². The van der Waals surface area contributed by atoms with E-state index in [-0.39, 0.29) is 10.8 Å². The molecule has 0 saturated heterocycles. The summed E-state index contributed by atoms with van der Waals surface area (Å²) in [5.41, 5.74) is 14.3. The highest BCUT2D eigenvalue weighted by atomic mass is 14.3. The molecule has 0 spiro atoms. The first-order chi connectivity index (χ1) is 17.6. The molecule has 0 bridgehead atoms. The minimum atomic E-state index is -0.00511. The van der Waals surface area contributed by atoms with E-state index in [0.29, 0.717) is 0 Å². The fourth-order valence-electron chi connectivity index (χ4n) is 5.21. The molecule has 0 saturated carbocycles. The third-order valence-corrected chi connectivity index (χ3v) is 8.37. The minimum absolute atomic E-state index is 0.00511. The van der Waals surface area contributed by atoms with Gasteiger partial charge in [-0.2, -0.15) is 0 Å². The second kappa shape index (κ2) is 9.73. The van der Waals surface area contributed by atoms with Crippen LogP contribution in [-0.2, 0) is 0 Å². The number of allylic oxidation sites excluding steroid dienone is 12. The predicted molar refractivity (Wildman–Crippen MR) is 172 cm³/mol. The zero-order valence-corrected chi connectivity index (χ0v) is 24.9. The van der Waals surface area contributed by atoms with Gasteiger partial charge >= 0.3 is 0 Å². The Morgan fingerprint density at radius 2 is 1.53 bits per heavy atom. The van der Waals surface area contributed by atoms with E-state index >= 15 is 0 Å². The molecule has 2 aliphatic rings. The Labute approximate surface area is 231 Å². The molecule has 0 N–H and O–H groups in total. The van der Waals surface area contributed by atoms with Crippen molar-refractivity contribution in [1.29, 1.82) is 0 Å². The molecule has 0 radical (unpaired) electrons. The van der Waals surface area contributed by atoms with Gasteiger partial charge in [-0.25, -0.2) is 0 Å². The van der Waals surface area contributed by atoms with Crippen LogP contribution in [0.15, 0.2) is 97.2 Å². The summed E-state index contributed by atoms with van der Waals surface area (Å²) in [7, 11) is 0. The Morgan fingerprint density at radius 3 is 2.16 bits per heavy atom. The SMILES string of the molecule is C=C(C=C(C)C(C)(C)C)C(=C)c1cc2c3c(cccc3c1C(=C)C(C)=CC(=C)C(C)(C)C)C1=C2CCC=C1. The van der Waals surface area contributed by atoms with Gasteiger partial charge in [0.1, 0.15) is 0 Å². The maximum atomic E-state index is 4.66. The molecule has 0 nitrogen and oxygen atoms in total. The molecule has 2 aromatic carbocycles. The Morgan fingerprint density at radius 1 is 0.842 bits per heavy atom. The lowest BCUT2D eigenvalue weighted by atomic mass is 9.80. The number of benzene rings is 2. The van der Waals surface area contributed by atoms with Crippen LogP contribution in [0.3, 0.4) is 0 Å². The quantitative estimate of drug-likeness (QED) is 0.346. The van der Waals surface area contributed by atoms with E-state index in [9.17, 15) is 0 Å². The van der Waals surface area contributed by atoms with Crippen molar-refractivity contribution >= 4 is 33.1 Å². The summed E-state index contributed by atoms with van der Waals surface area (Å²) in [5, 5.41) is 2.58. The number of hydrogen-bond acceptors (Lipinski definition) is 0. The fraction of sp³-hybridized carbons (Fsp3) is 0.316. The van der Waals surface area contributed by atoms with E-state index in [1.807, 2.05) is 0 Å². The lowest BCUT2D eigenvalue weighted by Crippen LogP contribution is -2.07. The lowest BCUT2D eigenvalue weighted by molar-refractivity contribution is 0.504. The molecule has 2 aliphatic carbocycles. The van der Waals surface area contributed by atoms with Crippen LogP contribution in [0.2, 0.25) is 0 Å². The van der Waals surface area contributed by atoms with Crippen LogP contribution < -0.4 is 0 Å². The van der Waals surface area contributed by atoms with Crippen molar-refractivity contribution in [2.24, 2.45) is 10.8 Å². The van der Waals surface area contributed by atoms with Gasteiger partial charge in [0.25, 0.3) is 0 Å². The van der Waals surface area contributed by atoms with E-state index in [0.717, 1.165) is 51.8 Å². The molecule has 4 rings (SSSR count). The zero-order valence-electron chi connectivity index (χ0n) is 24.9. The van der Waals surface area contributed by atoms with Gasteiger partial charge in [-0.1, -0.05) is 116 Å². The topological polar surface area (TPSA) is 0 Å². The van der Waals surface area contributed by atoms with Crippen LogP contribution in [0.5, 0.6) is 0 Å². The van der Waals surface area contributed by atoms with Crippen LogP contribution in [0.4, 0.5) is 0 Å². The first kappa shape index (κ1) is 27.6. The molecule has 0 aromatic heterocycles. The molecule has 0 aliphatic heterocycles. The van der Waals surface area contributed by atoms with Crippen molar-refractivity contribution in [3.63, 3.8) is 0 Å². The maximum absolute atomic E-state index is 4.66. The molecular weight excluding hydrogens is 456 g/mol. The normalized spacial score (nSPS) is 15.7. The van der Waals surface area contributed by atoms with Gasteiger partial charge in [-0.3, -0.25) is 0 Å². The van der Waals surface area contributed by atoms with Gasteiger partial charge in [0, 0.05) is 0 Å². The van der Waals surface area contributed by atoms with E-state index in [1.165, 1.54) is 38.6 Å². The average molecular weight is 501 g/mol. The van der Waals surface area contributed by atoms with Crippen LogP contribution >= 0.6 is 0 Å². The highest BCUT2D eigenvalue weighted by Gasteiger charge is 2.28. The predicted octanol–water partition coefficient (Wildman–Crippen LogP) is 11.5. The van der Waals surface area contributed by atoms with Crippen LogP contribution in [-0.4, -0.2) is 0 Å². The van der Waals surface area contributed by atoms with Crippen molar-refractivity contribution < 1.29 is 0 Å². The first-order valence-corrected chi connectivity index (χ1v) is 13.8. The summed E-state index contributed by atoms with van der Waals surface area (Å²) in [6.07, 6.45) is 11.2. The highest BCUT2D eigenvalue weighted by molar-refractivity contribution is 6.20. The summed E-state index contributed by atoms with van der Waals surface area (Å²) in [6.45, 7) is 35.8. The van der Waals surface area contributed by atoms with Crippen LogP contribution in [0, 0.1) is 10.8 Å². The largest absolute Gasteiger partial charge is 0.0953 e. The lowest BCUT2D eigenvalue weighted by Gasteiger charge is -2.24. The molecule has 38 heavy (non-hydrogen) atoms. The summed E-state index contributed by atoms with van der Waals surface area (Å²) >= 11 is 0. The zero-order chi connectivity index (χ0) is 28.2. The third-order valence-electron chi connectivity index (χ3n) is 8.37. The number of hydrogen-bond donors (Lipinski definition) is 0. The van der Waals surface area contributed by atoms with Gasteiger partial charge < -0.3 is 0 Å². The van der Waals surface area contributed by atoms with E-state index in [2.05, 4.69) is 130 Å². The standard InChI is InChI=1S/C38H44/c1-23(20-25(3)37(7,8)9)27(5)33-22-34-30-17-14-13-16-29(30)31-18-15-19-32(36(31)34)35(33)28(6)24(2)21-26(4)38(10,11)12/h13,15-16,18-22H,1,4-6,14,17H2,2-3,7-12H3. The fourth-order valence-corrected chi connectivity index (χ4v) is 5.21. The molecular formula is C38H44. The van der Waals surface area contributed by atoms with Gasteiger partial charge in [0.15, 0.2) is 0 Å². The summed E-state index contributed by atoms with van der Waals surface area (Å²) in [4.78, 5) is 0. The molecule has 0 unspecified atom stereocenters. The summed E-state index contributed by atoms with van der Waals surface area (Å²) in [6, 6.07) is 9.08. The van der Waals surface area contributed by atoms with Gasteiger partial charge in [0.05, 0.1) is 0 Å². The Balaban J connectivity index is 1.98. The van der Waals surface area contributed by atoms with E-state index in [1.54, 1.807) is 0 Å². The van der Waals surface area contributed by atoms with Crippen molar-refractivity contribution in [1.82, 2.24) is 0 Å². The molecule has 0 atom stereocenters. The third kappa shape index (κ3) is 4.90.